The zero-order valence-corrected chi connectivity index (χ0v) is 10.5. The molecule has 9 heteroatoms. The molecule has 0 aliphatic carbocycles. The van der Waals surface area contributed by atoms with Gasteiger partial charge in [0.05, 0.1) is 0 Å². The van der Waals surface area contributed by atoms with Gasteiger partial charge in [-0.15, -0.1) is 0 Å². The van der Waals surface area contributed by atoms with E-state index in [0.717, 1.165) is 0 Å². The van der Waals surface area contributed by atoms with Crippen LogP contribution in [0.3, 0.4) is 0 Å². The molecule has 0 heterocycles. The molecule has 1 atom stereocenters. The number of rotatable bonds is 7. The number of hydrogen-bond acceptors (Lipinski definition) is 7. The van der Waals surface area contributed by atoms with Gasteiger partial charge in [0.1, 0.15) is 0 Å². The summed E-state index contributed by atoms with van der Waals surface area (Å²) in [6.45, 7) is 0. The van der Waals surface area contributed by atoms with Crippen molar-refractivity contribution in [3.63, 3.8) is 0 Å². The van der Waals surface area contributed by atoms with Crippen LogP contribution in [0.15, 0.2) is 5.16 Å². The summed E-state index contributed by atoms with van der Waals surface area (Å²) in [5, 5.41) is 2.98. The fourth-order valence-corrected chi connectivity index (χ4v) is 1.74. The van der Waals surface area contributed by atoms with Crippen molar-refractivity contribution >= 4 is 38.9 Å². The third-order valence-corrected chi connectivity index (χ3v) is 2.70. The van der Waals surface area contributed by atoms with Gasteiger partial charge in [0.2, 0.25) is 0 Å². The van der Waals surface area contributed by atoms with Crippen LogP contribution in [0.1, 0.15) is 19.3 Å². The van der Waals surface area contributed by atoms with Crippen LogP contribution in [0.4, 0.5) is 0 Å². The number of nitrogens with zero attached hydrogens (tertiary/aromatic N) is 1. The standard InChI is InChI=1S/C6H13NO5S3/c1-14(8)5-3-2-4-6(13)7-12-15(9,10)11/h2-5H2,1H3,(H,7,13)(H,9,10,11)/p-2. The molecule has 0 aromatic rings. The zero-order valence-electron chi connectivity index (χ0n) is 8.04. The van der Waals surface area contributed by atoms with Crippen LogP contribution in [-0.4, -0.2) is 34.2 Å². The summed E-state index contributed by atoms with van der Waals surface area (Å²) < 4.78 is 44.2. The van der Waals surface area contributed by atoms with E-state index < -0.39 is 21.2 Å². The minimum absolute atomic E-state index is 0.0105. The van der Waals surface area contributed by atoms with Gasteiger partial charge in [0, 0.05) is 22.8 Å². The average Bonchev–Trinajstić information content (AvgIpc) is 2.07. The van der Waals surface area contributed by atoms with E-state index in [1.165, 1.54) is 0 Å². The molecule has 0 aromatic heterocycles. The molecule has 0 aliphatic rings. The van der Waals surface area contributed by atoms with E-state index in [9.17, 15) is 17.2 Å². The number of oxime groups is 1. The average molecular weight is 273 g/mol. The predicted octanol–water partition coefficient (Wildman–Crippen LogP) is -0.128. The van der Waals surface area contributed by atoms with Crippen molar-refractivity contribution in [3.05, 3.63) is 0 Å². The van der Waals surface area contributed by atoms with E-state index in [-0.39, 0.29) is 5.04 Å². The van der Waals surface area contributed by atoms with Gasteiger partial charge in [0.25, 0.3) is 10.4 Å². The lowest BCUT2D eigenvalue weighted by molar-refractivity contribution is 0.274. The summed E-state index contributed by atoms with van der Waals surface area (Å²) in [5.74, 6) is 0.559. The van der Waals surface area contributed by atoms with Crippen molar-refractivity contribution in [1.82, 2.24) is 0 Å². The van der Waals surface area contributed by atoms with Gasteiger partial charge in [-0.25, -0.2) is 0 Å². The molecule has 0 amide bonds. The Labute approximate surface area is 96.9 Å². The Hall–Kier alpha value is -0.250. The summed E-state index contributed by atoms with van der Waals surface area (Å²) in [6, 6.07) is 0. The maximum absolute atomic E-state index is 10.7. The van der Waals surface area contributed by atoms with Gasteiger partial charge in [-0.3, -0.25) is 8.49 Å². The van der Waals surface area contributed by atoms with Crippen molar-refractivity contribution in [2.45, 2.75) is 19.3 Å². The van der Waals surface area contributed by atoms with E-state index in [4.69, 9.17) is 0 Å². The molecule has 1 unspecified atom stereocenters. The fourth-order valence-electron chi connectivity index (χ4n) is 0.714. The molecular weight excluding hydrogens is 262 g/mol. The molecule has 0 spiro atoms. The molecule has 0 saturated heterocycles. The number of hydrogen-bond donors (Lipinski definition) is 0. The van der Waals surface area contributed by atoms with E-state index in [2.05, 4.69) is 22.1 Å². The second kappa shape index (κ2) is 7.09. The van der Waals surface area contributed by atoms with Crippen LogP contribution in [0.2, 0.25) is 0 Å². The highest BCUT2D eigenvalue weighted by Crippen LogP contribution is 1.99. The van der Waals surface area contributed by atoms with Crippen molar-refractivity contribution < 1.29 is 21.5 Å². The lowest BCUT2D eigenvalue weighted by atomic mass is 10.3. The monoisotopic (exact) mass is 273 g/mol. The quantitative estimate of drug-likeness (QED) is 0.122. The molecule has 6 nitrogen and oxygen atoms in total. The molecule has 0 radical (unpaired) electrons. The highest BCUT2D eigenvalue weighted by Gasteiger charge is 1.93. The normalized spacial score (nSPS) is 14.9. The molecule has 0 bridgehead atoms. The minimum Gasteiger partial charge on any atom is -0.761 e. The summed E-state index contributed by atoms with van der Waals surface area (Å²) in [7, 11) is -5.67. The van der Waals surface area contributed by atoms with Crippen LogP contribution >= 0.6 is 0 Å². The smallest absolute Gasteiger partial charge is 0.283 e. The molecule has 0 rings (SSSR count). The topological polar surface area (TPSA) is 95.9 Å². The van der Waals surface area contributed by atoms with Gasteiger partial charge in [-0.05, 0) is 19.3 Å². The van der Waals surface area contributed by atoms with Crippen LogP contribution in [0.25, 0.3) is 0 Å². The first-order valence-electron chi connectivity index (χ1n) is 3.99. The Balaban J connectivity index is 3.74. The Morgan fingerprint density at radius 2 is 2.13 bits per heavy atom. The number of unbranched alkanes of at least 4 members (excludes halogenated alkanes) is 1. The molecule has 0 saturated carbocycles. The first-order valence-corrected chi connectivity index (χ1v) is 7.46. The van der Waals surface area contributed by atoms with E-state index in [1.54, 1.807) is 6.26 Å². The molecule has 15 heavy (non-hydrogen) atoms. The highest BCUT2D eigenvalue weighted by atomic mass is 32.3. The van der Waals surface area contributed by atoms with Crippen LogP contribution in [-0.2, 0) is 38.1 Å². The third kappa shape index (κ3) is 11.7. The summed E-state index contributed by atoms with van der Waals surface area (Å²) in [5.41, 5.74) is 0. The Morgan fingerprint density at radius 3 is 2.60 bits per heavy atom. The minimum atomic E-state index is -4.82. The largest absolute Gasteiger partial charge is 0.761 e. The molecule has 90 valence electrons. The van der Waals surface area contributed by atoms with Gasteiger partial charge in [0.15, 0.2) is 0 Å². The van der Waals surface area contributed by atoms with Gasteiger partial charge < -0.3 is 17.2 Å². The zero-order chi connectivity index (χ0) is 11.9. The van der Waals surface area contributed by atoms with Crippen LogP contribution < -0.4 is 0 Å². The van der Waals surface area contributed by atoms with Gasteiger partial charge in [-0.2, -0.15) is 8.42 Å². The van der Waals surface area contributed by atoms with Crippen molar-refractivity contribution in [2.24, 2.45) is 5.16 Å². The molecule has 0 fully saturated rings. The van der Waals surface area contributed by atoms with Crippen LogP contribution in [0.5, 0.6) is 0 Å². The summed E-state index contributed by atoms with van der Waals surface area (Å²) in [6.07, 6.45) is 3.25. The van der Waals surface area contributed by atoms with Crippen molar-refractivity contribution in [2.75, 3.05) is 12.0 Å². The molecule has 0 aliphatic heterocycles. The lowest BCUT2D eigenvalue weighted by Crippen LogP contribution is -2.03. The van der Waals surface area contributed by atoms with Crippen molar-refractivity contribution in [3.8, 4) is 0 Å². The van der Waals surface area contributed by atoms with E-state index in [0.29, 0.717) is 25.0 Å². The first kappa shape index (κ1) is 14.8. The lowest BCUT2D eigenvalue weighted by Gasteiger charge is -2.10. The van der Waals surface area contributed by atoms with Crippen molar-refractivity contribution in [1.29, 1.82) is 0 Å². The van der Waals surface area contributed by atoms with Crippen LogP contribution in [0, 0.1) is 0 Å². The second-order valence-electron chi connectivity index (χ2n) is 2.70. The summed E-state index contributed by atoms with van der Waals surface area (Å²) in [4.78, 5) is 0. The second-order valence-corrected chi connectivity index (χ2v) is 5.69. The Bertz CT molecular complexity index is 337. The Kier molecular flexibility index (Phi) is 6.98. The fraction of sp³-hybridized carbons (Fsp3) is 0.833. The summed E-state index contributed by atoms with van der Waals surface area (Å²) >= 11 is 4.63. The molecule has 0 N–H and O–H groups in total. The maximum atomic E-state index is 10.7. The predicted molar refractivity (Wildman–Crippen MR) is 58.4 cm³/mol. The highest BCUT2D eigenvalue weighted by molar-refractivity contribution is 7.84. The van der Waals surface area contributed by atoms with E-state index >= 15 is 0 Å². The Morgan fingerprint density at radius 1 is 1.53 bits per heavy atom. The maximum Gasteiger partial charge on any atom is 0.283 e. The van der Waals surface area contributed by atoms with E-state index in [1.807, 2.05) is 0 Å². The SMILES string of the molecule is CS(=O)CCCC/C([S-])=N/OS(=O)(=O)[O-]. The van der Waals surface area contributed by atoms with Gasteiger partial charge in [-0.1, -0.05) is 10.2 Å². The van der Waals surface area contributed by atoms with Gasteiger partial charge >= 0.3 is 0 Å². The molecule has 0 aromatic carbocycles. The first-order chi connectivity index (χ1) is 6.81. The molecular formula is C6H11NO5S3-2. The third-order valence-electron chi connectivity index (χ3n) is 1.30.